The fraction of sp³-hybridized carbons (Fsp3) is 0.500. The van der Waals surface area contributed by atoms with E-state index >= 15 is 0 Å². The lowest BCUT2D eigenvalue weighted by Crippen LogP contribution is -2.21. The molecule has 0 unspecified atom stereocenters. The number of carbonyl (C=O) groups excluding carboxylic acids is 1. The van der Waals surface area contributed by atoms with Crippen molar-refractivity contribution in [2.45, 2.75) is 51.1 Å². The maximum atomic E-state index is 12.5. The van der Waals surface area contributed by atoms with E-state index in [1.54, 1.807) is 19.1 Å². The average molecular weight is 398 g/mol. The van der Waals surface area contributed by atoms with E-state index in [9.17, 15) is 18.0 Å². The standard InChI is InChI=1S/C18H21F3N4O3/c1-11-7-15(25-24-11)28-17(26)23-13-8-14(12-5-3-2-4-6-12)16(22-9-13)27-10-18(19,20)21/h7-9,12H,2-6,10H2,1H3,(H,23,26)(H,24,25). The Morgan fingerprint density at radius 3 is 2.68 bits per heavy atom. The molecular weight excluding hydrogens is 377 g/mol. The third-order valence-electron chi connectivity index (χ3n) is 4.43. The zero-order valence-corrected chi connectivity index (χ0v) is 15.3. The molecule has 0 radical (unpaired) electrons. The number of anilines is 1. The summed E-state index contributed by atoms with van der Waals surface area (Å²) in [6.07, 6.45) is 0.785. The minimum atomic E-state index is -4.45. The second kappa shape index (κ2) is 8.49. The van der Waals surface area contributed by atoms with Crippen LogP contribution in [0.3, 0.4) is 0 Å². The minimum absolute atomic E-state index is 0.0394. The third kappa shape index (κ3) is 5.61. The largest absolute Gasteiger partial charge is 0.468 e. The molecule has 0 bridgehead atoms. The number of nitrogens with one attached hydrogen (secondary N) is 2. The van der Waals surface area contributed by atoms with Gasteiger partial charge in [-0.3, -0.25) is 5.32 Å². The first kappa shape index (κ1) is 20.0. The summed E-state index contributed by atoms with van der Waals surface area (Å²) in [6, 6.07) is 3.16. The maximum absolute atomic E-state index is 12.5. The molecule has 28 heavy (non-hydrogen) atoms. The fourth-order valence-electron chi connectivity index (χ4n) is 3.21. The smallest absolute Gasteiger partial charge is 0.422 e. The SMILES string of the molecule is Cc1cc(OC(=O)Nc2cnc(OCC(F)(F)F)c(C3CCCCC3)c2)[nH]n1. The van der Waals surface area contributed by atoms with Crippen LogP contribution in [0.25, 0.3) is 0 Å². The van der Waals surface area contributed by atoms with Gasteiger partial charge < -0.3 is 9.47 Å². The van der Waals surface area contributed by atoms with Gasteiger partial charge in [-0.15, -0.1) is 0 Å². The first-order valence-corrected chi connectivity index (χ1v) is 9.00. The highest BCUT2D eigenvalue weighted by Gasteiger charge is 2.30. The molecule has 0 aliphatic heterocycles. The Hall–Kier alpha value is -2.78. The number of H-pyrrole nitrogens is 1. The lowest BCUT2D eigenvalue weighted by atomic mass is 9.84. The number of aromatic nitrogens is 3. The summed E-state index contributed by atoms with van der Waals surface area (Å²) in [5.74, 6) is 0.172. The van der Waals surface area contributed by atoms with Gasteiger partial charge in [-0.2, -0.15) is 18.3 Å². The molecule has 1 fully saturated rings. The van der Waals surface area contributed by atoms with Gasteiger partial charge in [-0.05, 0) is 31.7 Å². The van der Waals surface area contributed by atoms with Crippen LogP contribution in [0.15, 0.2) is 18.3 Å². The number of pyridine rings is 1. The Morgan fingerprint density at radius 1 is 1.29 bits per heavy atom. The summed E-state index contributed by atoms with van der Waals surface area (Å²) in [7, 11) is 0. The summed E-state index contributed by atoms with van der Waals surface area (Å²) >= 11 is 0. The van der Waals surface area contributed by atoms with Crippen LogP contribution in [-0.4, -0.2) is 34.1 Å². The summed E-state index contributed by atoms with van der Waals surface area (Å²) in [5, 5.41) is 8.93. The predicted molar refractivity (Wildman–Crippen MR) is 94.6 cm³/mol. The van der Waals surface area contributed by atoms with Gasteiger partial charge in [-0.25, -0.2) is 14.9 Å². The topological polar surface area (TPSA) is 89.1 Å². The molecule has 0 aromatic carbocycles. The first-order valence-electron chi connectivity index (χ1n) is 9.00. The molecule has 152 valence electrons. The van der Waals surface area contributed by atoms with Crippen molar-refractivity contribution in [3.8, 4) is 11.8 Å². The van der Waals surface area contributed by atoms with Crippen molar-refractivity contribution >= 4 is 11.8 Å². The maximum Gasteiger partial charge on any atom is 0.422 e. The predicted octanol–water partition coefficient (Wildman–Crippen LogP) is 4.71. The van der Waals surface area contributed by atoms with E-state index in [1.807, 2.05) is 0 Å². The zero-order chi connectivity index (χ0) is 20.1. The second-order valence-corrected chi connectivity index (χ2v) is 6.75. The molecular formula is C18H21F3N4O3. The van der Waals surface area contributed by atoms with Crippen LogP contribution in [-0.2, 0) is 0 Å². The monoisotopic (exact) mass is 398 g/mol. The number of hydrogen-bond acceptors (Lipinski definition) is 5. The zero-order valence-electron chi connectivity index (χ0n) is 15.3. The van der Waals surface area contributed by atoms with Gasteiger partial charge >= 0.3 is 12.3 Å². The highest BCUT2D eigenvalue weighted by atomic mass is 19.4. The van der Waals surface area contributed by atoms with Crippen molar-refractivity contribution in [3.05, 3.63) is 29.6 Å². The average Bonchev–Trinajstić information content (AvgIpc) is 3.05. The number of rotatable bonds is 5. The van der Waals surface area contributed by atoms with Crippen LogP contribution in [0, 0.1) is 6.92 Å². The molecule has 0 atom stereocenters. The van der Waals surface area contributed by atoms with Crippen molar-refractivity contribution in [1.82, 2.24) is 15.2 Å². The number of amides is 1. The molecule has 10 heteroatoms. The molecule has 3 rings (SSSR count). The molecule has 1 aliphatic carbocycles. The van der Waals surface area contributed by atoms with Gasteiger partial charge in [0.1, 0.15) is 0 Å². The van der Waals surface area contributed by atoms with Gasteiger partial charge in [0.2, 0.25) is 11.8 Å². The summed E-state index contributed by atoms with van der Waals surface area (Å²) in [4.78, 5) is 16.0. The van der Waals surface area contributed by atoms with E-state index in [4.69, 9.17) is 9.47 Å². The van der Waals surface area contributed by atoms with Crippen molar-refractivity contribution in [1.29, 1.82) is 0 Å². The highest BCUT2D eigenvalue weighted by Crippen LogP contribution is 2.38. The van der Waals surface area contributed by atoms with E-state index in [0.29, 0.717) is 16.9 Å². The number of halogens is 3. The Morgan fingerprint density at radius 2 is 2.04 bits per heavy atom. The number of aryl methyl sites for hydroxylation is 1. The molecule has 1 aliphatic rings. The molecule has 2 aromatic heterocycles. The number of hydrogen-bond donors (Lipinski definition) is 2. The molecule has 0 spiro atoms. The fourth-order valence-corrected chi connectivity index (χ4v) is 3.21. The second-order valence-electron chi connectivity index (χ2n) is 6.75. The van der Waals surface area contributed by atoms with Gasteiger partial charge in [0, 0.05) is 11.6 Å². The van der Waals surface area contributed by atoms with Crippen LogP contribution in [0.5, 0.6) is 11.8 Å². The normalized spacial score (nSPS) is 15.3. The Labute approximate surface area is 159 Å². The summed E-state index contributed by atoms with van der Waals surface area (Å²) in [6.45, 7) is 0.328. The number of aromatic amines is 1. The van der Waals surface area contributed by atoms with Gasteiger partial charge in [0.25, 0.3) is 0 Å². The van der Waals surface area contributed by atoms with Crippen molar-refractivity contribution in [3.63, 3.8) is 0 Å². The van der Waals surface area contributed by atoms with E-state index in [0.717, 1.165) is 32.1 Å². The molecule has 2 N–H and O–H groups in total. The van der Waals surface area contributed by atoms with Crippen molar-refractivity contribution in [2.75, 3.05) is 11.9 Å². The van der Waals surface area contributed by atoms with E-state index < -0.39 is 18.9 Å². The Bertz CT molecular complexity index is 817. The quantitative estimate of drug-likeness (QED) is 0.761. The van der Waals surface area contributed by atoms with Gasteiger partial charge in [0.15, 0.2) is 6.61 Å². The number of ether oxygens (including phenoxy) is 2. The van der Waals surface area contributed by atoms with Crippen LogP contribution in [0.2, 0.25) is 0 Å². The highest BCUT2D eigenvalue weighted by molar-refractivity contribution is 5.86. The van der Waals surface area contributed by atoms with Crippen LogP contribution in [0.1, 0.15) is 49.3 Å². The minimum Gasteiger partial charge on any atom is -0.468 e. The summed E-state index contributed by atoms with van der Waals surface area (Å²) in [5.41, 5.74) is 1.55. The molecule has 1 amide bonds. The molecule has 1 saturated carbocycles. The molecule has 7 nitrogen and oxygen atoms in total. The molecule has 2 aromatic rings. The van der Waals surface area contributed by atoms with E-state index in [-0.39, 0.29) is 17.7 Å². The van der Waals surface area contributed by atoms with E-state index in [2.05, 4.69) is 20.5 Å². The van der Waals surface area contributed by atoms with Crippen LogP contribution < -0.4 is 14.8 Å². The lowest BCUT2D eigenvalue weighted by molar-refractivity contribution is -0.154. The number of alkyl halides is 3. The molecule has 2 heterocycles. The van der Waals surface area contributed by atoms with Gasteiger partial charge in [-0.1, -0.05) is 19.3 Å². The first-order chi connectivity index (χ1) is 13.3. The van der Waals surface area contributed by atoms with Gasteiger partial charge in [0.05, 0.1) is 17.6 Å². The van der Waals surface area contributed by atoms with E-state index in [1.165, 1.54) is 6.20 Å². The van der Waals surface area contributed by atoms with Crippen molar-refractivity contribution < 1.29 is 27.4 Å². The van der Waals surface area contributed by atoms with Crippen molar-refractivity contribution in [2.24, 2.45) is 0 Å². The Kier molecular flexibility index (Phi) is 6.05. The number of nitrogens with zero attached hydrogens (tertiary/aromatic N) is 2. The number of carbonyl (C=O) groups is 1. The van der Waals surface area contributed by atoms with Crippen LogP contribution in [0.4, 0.5) is 23.7 Å². The third-order valence-corrected chi connectivity index (χ3v) is 4.43. The Balaban J connectivity index is 1.74. The van der Waals surface area contributed by atoms with Crippen LogP contribution >= 0.6 is 0 Å². The lowest BCUT2D eigenvalue weighted by Gasteiger charge is -2.24. The molecule has 0 saturated heterocycles. The summed E-state index contributed by atoms with van der Waals surface area (Å²) < 4.78 is 47.6.